The van der Waals surface area contributed by atoms with Crippen molar-refractivity contribution < 1.29 is 31.1 Å². The molecule has 1 amide bonds. The Bertz CT molecular complexity index is 1510. The first-order chi connectivity index (χ1) is 18.5. The number of halogens is 3. The summed E-state index contributed by atoms with van der Waals surface area (Å²) in [5, 5.41) is 8.22. The number of carbonyl (C=O) groups is 1. The molecular formula is C25H32F3N7O4S. The summed E-state index contributed by atoms with van der Waals surface area (Å²) in [6, 6.07) is 4.34. The van der Waals surface area contributed by atoms with Gasteiger partial charge >= 0.3 is 6.18 Å². The average molecular weight is 584 g/mol. The molecular weight excluding hydrogens is 551 g/mol. The van der Waals surface area contributed by atoms with E-state index in [0.717, 1.165) is 13.3 Å². The monoisotopic (exact) mass is 583 g/mol. The minimum Gasteiger partial charge on any atom is -0.476 e. The molecule has 0 spiro atoms. The molecule has 1 fully saturated rings. The second kappa shape index (κ2) is 10.4. The van der Waals surface area contributed by atoms with Crippen molar-refractivity contribution in [1.82, 2.24) is 29.3 Å². The number of aryl methyl sites for hydroxylation is 2. The number of anilines is 1. The van der Waals surface area contributed by atoms with E-state index in [1.165, 1.54) is 46.9 Å². The van der Waals surface area contributed by atoms with Gasteiger partial charge in [0.25, 0.3) is 15.9 Å². The van der Waals surface area contributed by atoms with E-state index in [2.05, 4.69) is 26.8 Å². The lowest BCUT2D eigenvalue weighted by atomic mass is 9.97. The third-order valence-electron chi connectivity index (χ3n) is 6.76. The number of rotatable bonds is 8. The Balaban J connectivity index is 1.67. The van der Waals surface area contributed by atoms with Gasteiger partial charge in [0.2, 0.25) is 5.88 Å². The molecule has 1 saturated heterocycles. The zero-order chi connectivity index (χ0) is 29.6. The molecule has 4 rings (SSSR count). The minimum atomic E-state index is -4.39. The van der Waals surface area contributed by atoms with Crippen molar-refractivity contribution in [3.63, 3.8) is 0 Å². The molecule has 218 valence electrons. The molecule has 40 heavy (non-hydrogen) atoms. The fourth-order valence-corrected chi connectivity index (χ4v) is 5.98. The Kier molecular flexibility index (Phi) is 7.64. The minimum absolute atomic E-state index is 0.0191. The van der Waals surface area contributed by atoms with Crippen LogP contribution in [0.1, 0.15) is 50.2 Å². The average Bonchev–Trinajstić information content (AvgIpc) is 3.52. The summed E-state index contributed by atoms with van der Waals surface area (Å²) in [6.07, 6.45) is -0.791. The fraction of sp³-hybridized carbons (Fsp3) is 0.520. The van der Waals surface area contributed by atoms with Gasteiger partial charge in [-0.05, 0) is 45.2 Å². The normalized spacial score (nSPS) is 18.1. The van der Waals surface area contributed by atoms with Crippen molar-refractivity contribution in [1.29, 1.82) is 0 Å². The Hall–Kier alpha value is -3.62. The van der Waals surface area contributed by atoms with E-state index in [-0.39, 0.29) is 39.6 Å². The molecule has 11 nitrogen and oxygen atoms in total. The van der Waals surface area contributed by atoms with Gasteiger partial charge in [0.15, 0.2) is 5.82 Å². The van der Waals surface area contributed by atoms with Crippen molar-refractivity contribution in [2.75, 3.05) is 18.1 Å². The standard InChI is InChI=1S/C25H32F3N7O4S/c1-15-11-24(4,5)34(12-15)22-18(23(36)32-40(37,38)19-13-33(6)30-17(19)3)7-8-20(29-22)35-10-9-21(31-35)39-14-16(2)25(26,27)28/h7-10,13,15-16H,11-12,14H2,1-6H3,(H,32,36)/t15-,16?/m0/s1. The molecule has 0 bridgehead atoms. The van der Waals surface area contributed by atoms with Crippen LogP contribution in [0.3, 0.4) is 0 Å². The van der Waals surface area contributed by atoms with Crippen LogP contribution in [-0.4, -0.2) is 63.7 Å². The largest absolute Gasteiger partial charge is 0.476 e. The molecule has 1 N–H and O–H groups in total. The van der Waals surface area contributed by atoms with Gasteiger partial charge in [0, 0.05) is 37.6 Å². The predicted molar refractivity (Wildman–Crippen MR) is 140 cm³/mol. The van der Waals surface area contributed by atoms with Gasteiger partial charge in [-0.1, -0.05) is 13.8 Å². The lowest BCUT2D eigenvalue weighted by Crippen LogP contribution is -2.41. The summed E-state index contributed by atoms with van der Waals surface area (Å²) in [6.45, 7) is 8.60. The maximum Gasteiger partial charge on any atom is 0.394 e. The van der Waals surface area contributed by atoms with Crippen LogP contribution in [0.4, 0.5) is 19.0 Å². The number of aromatic nitrogens is 5. The van der Waals surface area contributed by atoms with E-state index in [0.29, 0.717) is 6.54 Å². The van der Waals surface area contributed by atoms with E-state index < -0.39 is 40.2 Å². The summed E-state index contributed by atoms with van der Waals surface area (Å²) in [4.78, 5) is 19.9. The smallest absolute Gasteiger partial charge is 0.394 e. The lowest BCUT2D eigenvalue weighted by molar-refractivity contribution is -0.176. The van der Waals surface area contributed by atoms with Crippen LogP contribution in [-0.2, 0) is 17.1 Å². The number of ether oxygens (including phenoxy) is 1. The molecule has 1 aliphatic rings. The molecule has 1 unspecified atom stereocenters. The van der Waals surface area contributed by atoms with Crippen LogP contribution in [0, 0.1) is 18.8 Å². The topological polar surface area (TPSA) is 124 Å². The number of pyridine rings is 1. The molecule has 2 atom stereocenters. The van der Waals surface area contributed by atoms with Crippen LogP contribution < -0.4 is 14.4 Å². The van der Waals surface area contributed by atoms with Crippen molar-refractivity contribution in [3.05, 3.63) is 41.9 Å². The number of carbonyl (C=O) groups excluding carboxylic acids is 1. The molecule has 3 aromatic rings. The van der Waals surface area contributed by atoms with Gasteiger partial charge in [-0.15, -0.1) is 5.10 Å². The summed E-state index contributed by atoms with van der Waals surface area (Å²) < 4.78 is 74.5. The highest BCUT2D eigenvalue weighted by Crippen LogP contribution is 2.38. The van der Waals surface area contributed by atoms with Gasteiger partial charge < -0.3 is 9.64 Å². The molecule has 0 aromatic carbocycles. The zero-order valence-corrected chi connectivity index (χ0v) is 23.8. The molecule has 0 radical (unpaired) electrons. The molecule has 0 aliphatic carbocycles. The van der Waals surface area contributed by atoms with Crippen LogP contribution in [0.5, 0.6) is 5.88 Å². The quantitative estimate of drug-likeness (QED) is 0.427. The second-order valence-corrected chi connectivity index (χ2v) is 12.5. The maximum absolute atomic E-state index is 13.4. The number of amides is 1. The Morgan fingerprint density at radius 3 is 2.52 bits per heavy atom. The lowest BCUT2D eigenvalue weighted by Gasteiger charge is -2.34. The predicted octanol–water partition coefficient (Wildman–Crippen LogP) is 3.63. The first-order valence-electron chi connectivity index (χ1n) is 12.6. The van der Waals surface area contributed by atoms with Crippen molar-refractivity contribution >= 4 is 21.7 Å². The third kappa shape index (κ3) is 6.08. The summed E-state index contributed by atoms with van der Waals surface area (Å²) >= 11 is 0. The Morgan fingerprint density at radius 1 is 1.25 bits per heavy atom. The van der Waals surface area contributed by atoms with E-state index in [1.807, 2.05) is 18.7 Å². The highest BCUT2D eigenvalue weighted by molar-refractivity contribution is 7.90. The molecule has 3 aromatic heterocycles. The van der Waals surface area contributed by atoms with E-state index in [9.17, 15) is 26.4 Å². The first kappa shape index (κ1) is 29.4. The first-order valence-corrected chi connectivity index (χ1v) is 14.1. The number of hydrogen-bond donors (Lipinski definition) is 1. The number of nitrogens with one attached hydrogen (secondary N) is 1. The van der Waals surface area contributed by atoms with Gasteiger partial charge in [-0.25, -0.2) is 22.8 Å². The number of nitrogens with zero attached hydrogens (tertiary/aromatic N) is 6. The van der Waals surface area contributed by atoms with Crippen LogP contribution >= 0.6 is 0 Å². The fourth-order valence-electron chi connectivity index (χ4n) is 4.80. The van der Waals surface area contributed by atoms with Gasteiger partial charge in [-0.2, -0.15) is 18.3 Å². The summed E-state index contributed by atoms with van der Waals surface area (Å²) in [5.41, 5.74) is -0.114. The van der Waals surface area contributed by atoms with Gasteiger partial charge in [0.1, 0.15) is 17.3 Å². The SMILES string of the molecule is Cc1nn(C)cc1S(=O)(=O)NC(=O)c1ccc(-n2ccc(OCC(C)C(F)(F)F)n2)nc1N1C[C@@H](C)CC1(C)C. The molecule has 4 heterocycles. The molecule has 15 heteroatoms. The van der Waals surface area contributed by atoms with Crippen molar-refractivity contribution in [2.45, 2.75) is 57.7 Å². The highest BCUT2D eigenvalue weighted by Gasteiger charge is 2.40. The summed E-state index contributed by atoms with van der Waals surface area (Å²) in [5.74, 6) is -1.75. The Labute approximate surface area is 230 Å². The van der Waals surface area contributed by atoms with Crippen LogP contribution in [0.2, 0.25) is 0 Å². The number of alkyl halides is 3. The van der Waals surface area contributed by atoms with E-state index >= 15 is 0 Å². The summed E-state index contributed by atoms with van der Waals surface area (Å²) in [7, 11) is -2.65. The van der Waals surface area contributed by atoms with Crippen LogP contribution in [0.25, 0.3) is 5.82 Å². The van der Waals surface area contributed by atoms with Gasteiger partial charge in [0.05, 0.1) is 17.2 Å². The number of sulfonamides is 1. The van der Waals surface area contributed by atoms with E-state index in [1.54, 1.807) is 7.05 Å². The van der Waals surface area contributed by atoms with Crippen LogP contribution in [0.15, 0.2) is 35.5 Å². The van der Waals surface area contributed by atoms with E-state index in [4.69, 9.17) is 4.74 Å². The second-order valence-electron chi connectivity index (χ2n) is 10.8. The van der Waals surface area contributed by atoms with Crippen molar-refractivity contribution in [3.8, 4) is 11.7 Å². The highest BCUT2D eigenvalue weighted by atomic mass is 32.2. The maximum atomic E-state index is 13.4. The van der Waals surface area contributed by atoms with Gasteiger partial charge in [-0.3, -0.25) is 9.48 Å². The number of hydrogen-bond acceptors (Lipinski definition) is 8. The Morgan fingerprint density at radius 2 is 1.95 bits per heavy atom. The zero-order valence-electron chi connectivity index (χ0n) is 23.0. The van der Waals surface area contributed by atoms with Crippen molar-refractivity contribution in [2.24, 2.45) is 18.9 Å². The molecule has 0 saturated carbocycles. The third-order valence-corrected chi connectivity index (χ3v) is 8.19. The molecule has 1 aliphatic heterocycles.